The fourth-order valence-electron chi connectivity index (χ4n) is 1.08. The van der Waals surface area contributed by atoms with E-state index in [0.717, 1.165) is 17.4 Å². The van der Waals surface area contributed by atoms with Gasteiger partial charge in [-0.15, -0.1) is 23.5 Å². The van der Waals surface area contributed by atoms with Crippen molar-refractivity contribution in [2.75, 3.05) is 11.5 Å². The lowest BCUT2D eigenvalue weighted by Crippen LogP contribution is -2.29. The van der Waals surface area contributed by atoms with Crippen molar-refractivity contribution in [1.29, 1.82) is 5.26 Å². The molecule has 1 heterocycles. The number of nitrogens with zero attached hydrogens (tertiary/aromatic N) is 1. The number of thioether (sulfide) groups is 2. The number of hydrogen-bond donors (Lipinski definition) is 0. The first-order chi connectivity index (χ1) is 5.54. The second-order valence-electron chi connectivity index (χ2n) is 4.19. The summed E-state index contributed by atoms with van der Waals surface area (Å²) in [4.78, 5) is 0. The smallest absolute Gasteiger partial charge is 0.137 e. The highest BCUT2D eigenvalue weighted by Crippen LogP contribution is 2.40. The van der Waals surface area contributed by atoms with E-state index in [2.05, 4.69) is 26.8 Å². The summed E-state index contributed by atoms with van der Waals surface area (Å²) < 4.78 is 0.184. The Morgan fingerprint density at radius 2 is 1.75 bits per heavy atom. The van der Waals surface area contributed by atoms with Crippen LogP contribution in [-0.4, -0.2) is 16.1 Å². The molecule has 0 unspecified atom stereocenters. The van der Waals surface area contributed by atoms with Crippen LogP contribution in [0.5, 0.6) is 0 Å². The molecule has 1 fully saturated rings. The molecule has 1 aliphatic heterocycles. The molecule has 0 N–H and O–H groups in total. The summed E-state index contributed by atoms with van der Waals surface area (Å²) in [7, 11) is 0. The SMILES string of the molecule is CC(C)(C)C1CSC(C#N)SC1. The highest BCUT2D eigenvalue weighted by atomic mass is 32.2. The van der Waals surface area contributed by atoms with Gasteiger partial charge in [0.2, 0.25) is 0 Å². The number of hydrogen-bond acceptors (Lipinski definition) is 3. The van der Waals surface area contributed by atoms with Gasteiger partial charge in [-0.1, -0.05) is 20.8 Å². The highest BCUT2D eigenvalue weighted by Gasteiger charge is 2.30. The molecule has 0 amide bonds. The van der Waals surface area contributed by atoms with Crippen molar-refractivity contribution in [1.82, 2.24) is 0 Å². The van der Waals surface area contributed by atoms with Gasteiger partial charge in [-0.3, -0.25) is 0 Å². The molecule has 0 aromatic heterocycles. The predicted molar refractivity (Wildman–Crippen MR) is 57.3 cm³/mol. The third kappa shape index (κ3) is 2.60. The first-order valence-electron chi connectivity index (χ1n) is 4.17. The lowest BCUT2D eigenvalue weighted by Gasteiger charge is -2.34. The molecule has 0 radical (unpaired) electrons. The standard InChI is InChI=1S/C9H15NS2/c1-9(2,3)7-5-11-8(4-10)12-6-7/h7-8H,5-6H2,1-3H3. The Morgan fingerprint density at radius 1 is 1.25 bits per heavy atom. The Bertz CT molecular complexity index is 182. The van der Waals surface area contributed by atoms with Gasteiger partial charge in [0.1, 0.15) is 4.58 Å². The fraction of sp³-hybridized carbons (Fsp3) is 0.889. The van der Waals surface area contributed by atoms with Crippen molar-refractivity contribution in [3.8, 4) is 6.07 Å². The molecule has 0 bridgehead atoms. The van der Waals surface area contributed by atoms with Crippen LogP contribution in [0.2, 0.25) is 0 Å². The molecular formula is C9H15NS2. The van der Waals surface area contributed by atoms with E-state index in [-0.39, 0.29) is 4.58 Å². The second kappa shape index (κ2) is 3.93. The third-order valence-corrected chi connectivity index (χ3v) is 5.05. The predicted octanol–water partition coefficient (Wildman–Crippen LogP) is 2.98. The molecule has 0 atom stereocenters. The molecule has 68 valence electrons. The molecule has 0 saturated carbocycles. The van der Waals surface area contributed by atoms with Gasteiger partial charge in [0.15, 0.2) is 0 Å². The van der Waals surface area contributed by atoms with Crippen LogP contribution in [0.1, 0.15) is 20.8 Å². The minimum Gasteiger partial charge on any atom is -0.196 e. The van der Waals surface area contributed by atoms with Gasteiger partial charge in [0.25, 0.3) is 0 Å². The van der Waals surface area contributed by atoms with Gasteiger partial charge in [-0.2, -0.15) is 5.26 Å². The summed E-state index contributed by atoms with van der Waals surface area (Å²) in [5.74, 6) is 3.06. The van der Waals surface area contributed by atoms with Gasteiger partial charge in [0.05, 0.1) is 6.07 Å². The maximum Gasteiger partial charge on any atom is 0.137 e. The van der Waals surface area contributed by atoms with E-state index < -0.39 is 0 Å². The minimum atomic E-state index is 0.184. The zero-order valence-electron chi connectivity index (χ0n) is 7.83. The second-order valence-corrected chi connectivity index (χ2v) is 6.77. The molecular weight excluding hydrogens is 186 g/mol. The van der Waals surface area contributed by atoms with E-state index in [1.54, 1.807) is 23.5 Å². The van der Waals surface area contributed by atoms with Crippen LogP contribution in [0.15, 0.2) is 0 Å². The van der Waals surface area contributed by atoms with Gasteiger partial charge in [-0.05, 0) is 22.8 Å². The van der Waals surface area contributed by atoms with Crippen LogP contribution in [0.3, 0.4) is 0 Å². The van der Waals surface area contributed by atoms with Crippen LogP contribution in [0, 0.1) is 22.7 Å². The molecule has 12 heavy (non-hydrogen) atoms. The van der Waals surface area contributed by atoms with E-state index in [0.29, 0.717) is 5.41 Å². The Hall–Kier alpha value is 0.190. The number of rotatable bonds is 0. The Kier molecular flexibility index (Phi) is 3.37. The van der Waals surface area contributed by atoms with Gasteiger partial charge in [-0.25, -0.2) is 0 Å². The lowest BCUT2D eigenvalue weighted by molar-refractivity contribution is 0.293. The van der Waals surface area contributed by atoms with Crippen LogP contribution in [0.25, 0.3) is 0 Å². The van der Waals surface area contributed by atoms with Crippen LogP contribution < -0.4 is 0 Å². The topological polar surface area (TPSA) is 23.8 Å². The Labute approximate surface area is 83.3 Å². The van der Waals surface area contributed by atoms with Crippen molar-refractivity contribution in [3.05, 3.63) is 0 Å². The van der Waals surface area contributed by atoms with Crippen molar-refractivity contribution in [2.24, 2.45) is 11.3 Å². The molecule has 1 nitrogen and oxygen atoms in total. The maximum atomic E-state index is 8.69. The summed E-state index contributed by atoms with van der Waals surface area (Å²) >= 11 is 3.60. The monoisotopic (exact) mass is 201 g/mol. The molecule has 0 aliphatic carbocycles. The normalized spacial score (nSPS) is 31.2. The quantitative estimate of drug-likeness (QED) is 0.602. The zero-order chi connectivity index (χ0) is 9.19. The maximum absolute atomic E-state index is 8.69. The van der Waals surface area contributed by atoms with Crippen LogP contribution in [-0.2, 0) is 0 Å². The molecule has 1 aliphatic rings. The van der Waals surface area contributed by atoms with Crippen molar-refractivity contribution < 1.29 is 0 Å². The molecule has 3 heteroatoms. The first kappa shape index (κ1) is 10.3. The van der Waals surface area contributed by atoms with Crippen molar-refractivity contribution >= 4 is 23.5 Å². The summed E-state index contributed by atoms with van der Waals surface area (Å²) in [6.45, 7) is 6.85. The van der Waals surface area contributed by atoms with E-state index in [4.69, 9.17) is 5.26 Å². The van der Waals surface area contributed by atoms with Gasteiger partial charge in [0, 0.05) is 0 Å². The van der Waals surface area contributed by atoms with Crippen LogP contribution in [0.4, 0.5) is 0 Å². The number of nitriles is 1. The van der Waals surface area contributed by atoms with E-state index >= 15 is 0 Å². The highest BCUT2D eigenvalue weighted by molar-refractivity contribution is 8.17. The van der Waals surface area contributed by atoms with Gasteiger partial charge < -0.3 is 0 Å². The van der Waals surface area contributed by atoms with Crippen molar-refractivity contribution in [3.63, 3.8) is 0 Å². The molecule has 0 aromatic carbocycles. The summed E-state index contributed by atoms with van der Waals surface area (Å²) in [6, 6.07) is 2.30. The molecule has 1 saturated heterocycles. The fourth-order valence-corrected chi connectivity index (χ4v) is 4.28. The van der Waals surface area contributed by atoms with E-state index in [1.165, 1.54) is 0 Å². The largest absolute Gasteiger partial charge is 0.196 e. The van der Waals surface area contributed by atoms with Gasteiger partial charge >= 0.3 is 0 Å². The molecule has 0 spiro atoms. The van der Waals surface area contributed by atoms with Crippen LogP contribution >= 0.6 is 23.5 Å². The van der Waals surface area contributed by atoms with E-state index in [9.17, 15) is 0 Å². The summed E-state index contributed by atoms with van der Waals surface area (Å²) in [5, 5.41) is 8.69. The molecule has 0 aromatic rings. The average molecular weight is 201 g/mol. The summed E-state index contributed by atoms with van der Waals surface area (Å²) in [6.07, 6.45) is 0. The average Bonchev–Trinajstić information content (AvgIpc) is 2.03. The van der Waals surface area contributed by atoms with E-state index in [1.807, 2.05) is 0 Å². The Morgan fingerprint density at radius 3 is 2.08 bits per heavy atom. The van der Waals surface area contributed by atoms with Crippen molar-refractivity contribution in [2.45, 2.75) is 25.4 Å². The lowest BCUT2D eigenvalue weighted by atomic mass is 9.83. The zero-order valence-corrected chi connectivity index (χ0v) is 9.47. The molecule has 1 rings (SSSR count). The third-order valence-electron chi connectivity index (χ3n) is 2.23. The summed E-state index contributed by atoms with van der Waals surface area (Å²) in [5.41, 5.74) is 0.403. The minimum absolute atomic E-state index is 0.184. The Balaban J connectivity index is 2.42. The first-order valence-corrected chi connectivity index (χ1v) is 6.26.